The van der Waals surface area contributed by atoms with Gasteiger partial charge in [-0.2, -0.15) is 0 Å². The molecular formula is C20H28N2O2. The summed E-state index contributed by atoms with van der Waals surface area (Å²) < 4.78 is 7.91. The summed E-state index contributed by atoms with van der Waals surface area (Å²) in [5, 5.41) is 10.4. The number of aliphatic hydroxyl groups excluding tert-OH is 1. The van der Waals surface area contributed by atoms with E-state index >= 15 is 0 Å². The van der Waals surface area contributed by atoms with Crippen LogP contribution < -0.4 is 0 Å². The summed E-state index contributed by atoms with van der Waals surface area (Å²) in [4.78, 5) is 4.72. The fourth-order valence-electron chi connectivity index (χ4n) is 3.37. The molecule has 2 atom stereocenters. The van der Waals surface area contributed by atoms with E-state index in [-0.39, 0.29) is 0 Å². The number of hydrogen-bond donors (Lipinski definition) is 1. The molecule has 4 heteroatoms. The summed E-state index contributed by atoms with van der Waals surface area (Å²) in [5.41, 5.74) is 2.07. The summed E-state index contributed by atoms with van der Waals surface area (Å²) in [7, 11) is 0. The van der Waals surface area contributed by atoms with Crippen LogP contribution in [0.25, 0.3) is 11.0 Å². The van der Waals surface area contributed by atoms with Gasteiger partial charge < -0.3 is 14.4 Å². The highest BCUT2D eigenvalue weighted by atomic mass is 16.5. The Morgan fingerprint density at radius 3 is 2.88 bits per heavy atom. The highest BCUT2D eigenvalue weighted by molar-refractivity contribution is 5.76. The van der Waals surface area contributed by atoms with E-state index in [1.807, 2.05) is 18.2 Å². The minimum absolute atomic E-state index is 0.319. The molecule has 130 valence electrons. The summed E-state index contributed by atoms with van der Waals surface area (Å²) in [6.45, 7) is 5.92. The van der Waals surface area contributed by atoms with Crippen molar-refractivity contribution in [3.05, 3.63) is 42.2 Å². The normalized spacial score (nSPS) is 19.2. The molecule has 0 spiro atoms. The van der Waals surface area contributed by atoms with Crippen molar-refractivity contribution in [2.45, 2.75) is 51.7 Å². The first-order valence-corrected chi connectivity index (χ1v) is 9.01. The number of benzene rings is 1. The van der Waals surface area contributed by atoms with E-state index in [0.29, 0.717) is 25.0 Å². The zero-order chi connectivity index (χ0) is 16.9. The molecule has 0 saturated heterocycles. The topological polar surface area (TPSA) is 47.3 Å². The first kappa shape index (κ1) is 17.2. The second kappa shape index (κ2) is 7.95. The Kier molecular flexibility index (Phi) is 5.69. The molecule has 1 N–H and O–H groups in total. The Morgan fingerprint density at radius 1 is 1.29 bits per heavy atom. The fraction of sp³-hybridized carbons (Fsp3) is 0.550. The van der Waals surface area contributed by atoms with Gasteiger partial charge in [0.15, 0.2) is 0 Å². The smallest absolute Gasteiger partial charge is 0.112 e. The lowest BCUT2D eigenvalue weighted by Gasteiger charge is -2.20. The van der Waals surface area contributed by atoms with Crippen molar-refractivity contribution >= 4 is 11.0 Å². The molecule has 4 nitrogen and oxygen atoms in total. The van der Waals surface area contributed by atoms with E-state index in [1.54, 1.807) is 0 Å². The second-order valence-corrected chi connectivity index (χ2v) is 7.07. The van der Waals surface area contributed by atoms with Gasteiger partial charge in [0.25, 0.3) is 0 Å². The van der Waals surface area contributed by atoms with E-state index in [0.717, 1.165) is 36.3 Å². The van der Waals surface area contributed by atoms with Crippen LogP contribution in [0.15, 0.2) is 36.4 Å². The van der Waals surface area contributed by atoms with E-state index in [9.17, 15) is 5.11 Å². The van der Waals surface area contributed by atoms with Gasteiger partial charge in [-0.15, -0.1) is 0 Å². The number of imidazole rings is 1. The van der Waals surface area contributed by atoms with E-state index in [1.165, 1.54) is 6.42 Å². The Balaban J connectivity index is 1.61. The highest BCUT2D eigenvalue weighted by Crippen LogP contribution is 2.22. The van der Waals surface area contributed by atoms with Crippen LogP contribution in [0.1, 0.15) is 44.9 Å². The molecule has 0 radical (unpaired) electrons. The average Bonchev–Trinajstić information content (AvgIpc) is 2.95. The van der Waals surface area contributed by atoms with Crippen LogP contribution in [0.5, 0.6) is 0 Å². The number of allylic oxidation sites excluding steroid dienone is 2. The minimum atomic E-state index is -0.515. The first-order chi connectivity index (χ1) is 11.6. The zero-order valence-corrected chi connectivity index (χ0v) is 14.7. The van der Waals surface area contributed by atoms with Crippen molar-refractivity contribution < 1.29 is 9.84 Å². The Labute approximate surface area is 144 Å². The molecule has 1 aliphatic rings. The maximum Gasteiger partial charge on any atom is 0.112 e. The first-order valence-electron chi connectivity index (χ1n) is 9.01. The van der Waals surface area contributed by atoms with Gasteiger partial charge >= 0.3 is 0 Å². The van der Waals surface area contributed by atoms with Gasteiger partial charge in [0.05, 0.1) is 30.3 Å². The third kappa shape index (κ3) is 4.05. The van der Waals surface area contributed by atoms with Crippen molar-refractivity contribution in [3.8, 4) is 0 Å². The van der Waals surface area contributed by atoms with Gasteiger partial charge in [-0.05, 0) is 37.3 Å². The van der Waals surface area contributed by atoms with Crippen LogP contribution >= 0.6 is 0 Å². The largest absolute Gasteiger partial charge is 0.389 e. The van der Waals surface area contributed by atoms with Crippen LogP contribution in [-0.2, 0) is 11.3 Å². The van der Waals surface area contributed by atoms with Crippen LogP contribution in [0.2, 0.25) is 0 Å². The zero-order valence-electron chi connectivity index (χ0n) is 14.7. The summed E-state index contributed by atoms with van der Waals surface area (Å²) in [6.07, 6.45) is 7.40. The summed E-state index contributed by atoms with van der Waals surface area (Å²) in [6, 6.07) is 8.11. The number of fused-ring (bicyclic) bond motifs is 1. The maximum absolute atomic E-state index is 10.4. The third-order valence-electron chi connectivity index (χ3n) is 4.64. The standard InChI is InChI=1S/C20H28N2O2/c1-15(2)20-21-18-10-6-7-11-19(18)22(20)12-17(23)14-24-13-16-8-4-3-5-9-16/h3-4,6-7,10-11,15-17,23H,5,8-9,12-14H2,1-2H3/t16-,17+/m0/s1. The molecular weight excluding hydrogens is 300 g/mol. The van der Waals surface area contributed by atoms with Gasteiger partial charge in [0.1, 0.15) is 5.82 Å². The molecule has 1 aliphatic carbocycles. The van der Waals surface area contributed by atoms with Crippen molar-refractivity contribution in [2.24, 2.45) is 5.92 Å². The lowest BCUT2D eigenvalue weighted by Crippen LogP contribution is -2.25. The van der Waals surface area contributed by atoms with E-state index < -0.39 is 6.10 Å². The van der Waals surface area contributed by atoms with E-state index in [2.05, 4.69) is 36.6 Å². The number of ether oxygens (including phenoxy) is 1. The Bertz CT molecular complexity index is 690. The van der Waals surface area contributed by atoms with Crippen molar-refractivity contribution in [3.63, 3.8) is 0 Å². The molecule has 0 aliphatic heterocycles. The number of nitrogens with zero attached hydrogens (tertiary/aromatic N) is 2. The molecule has 2 aromatic rings. The molecule has 24 heavy (non-hydrogen) atoms. The number of aromatic nitrogens is 2. The molecule has 1 aromatic carbocycles. The number of rotatable bonds is 7. The molecule has 1 heterocycles. The molecule has 0 unspecified atom stereocenters. The minimum Gasteiger partial charge on any atom is -0.389 e. The van der Waals surface area contributed by atoms with Crippen molar-refractivity contribution in [1.29, 1.82) is 0 Å². The van der Waals surface area contributed by atoms with Crippen LogP contribution in [0, 0.1) is 5.92 Å². The summed E-state index contributed by atoms with van der Waals surface area (Å²) >= 11 is 0. The predicted octanol–water partition coefficient (Wildman–Crippen LogP) is 3.89. The Hall–Kier alpha value is -1.65. The maximum atomic E-state index is 10.4. The summed E-state index contributed by atoms with van der Waals surface area (Å²) in [5.74, 6) is 1.94. The predicted molar refractivity (Wildman–Crippen MR) is 97.1 cm³/mol. The molecule has 1 aromatic heterocycles. The molecule has 0 amide bonds. The molecule has 3 rings (SSSR count). The van der Waals surface area contributed by atoms with Gasteiger partial charge in [0.2, 0.25) is 0 Å². The van der Waals surface area contributed by atoms with Crippen molar-refractivity contribution in [2.75, 3.05) is 13.2 Å². The van der Waals surface area contributed by atoms with Gasteiger partial charge in [0, 0.05) is 12.5 Å². The number of para-hydroxylation sites is 2. The Morgan fingerprint density at radius 2 is 2.12 bits per heavy atom. The lowest BCUT2D eigenvalue weighted by atomic mass is 9.95. The van der Waals surface area contributed by atoms with Gasteiger partial charge in [-0.1, -0.05) is 38.1 Å². The van der Waals surface area contributed by atoms with E-state index in [4.69, 9.17) is 9.72 Å². The monoisotopic (exact) mass is 328 g/mol. The van der Waals surface area contributed by atoms with Gasteiger partial charge in [-0.25, -0.2) is 4.98 Å². The SMILES string of the molecule is CC(C)c1nc2ccccc2n1C[C@@H](O)COC[C@H]1CC=CCC1. The van der Waals surface area contributed by atoms with Crippen LogP contribution in [0.3, 0.4) is 0 Å². The van der Waals surface area contributed by atoms with Crippen LogP contribution in [0.4, 0.5) is 0 Å². The molecule has 0 fully saturated rings. The number of aliphatic hydroxyl groups is 1. The second-order valence-electron chi connectivity index (χ2n) is 7.07. The average molecular weight is 328 g/mol. The third-order valence-corrected chi connectivity index (χ3v) is 4.64. The fourth-order valence-corrected chi connectivity index (χ4v) is 3.37. The number of hydrogen-bond acceptors (Lipinski definition) is 3. The molecule has 0 saturated carbocycles. The van der Waals surface area contributed by atoms with Crippen molar-refractivity contribution in [1.82, 2.24) is 9.55 Å². The lowest BCUT2D eigenvalue weighted by molar-refractivity contribution is 0.0127. The molecule has 0 bridgehead atoms. The van der Waals surface area contributed by atoms with Crippen LogP contribution in [-0.4, -0.2) is 34.0 Å². The highest BCUT2D eigenvalue weighted by Gasteiger charge is 2.17. The van der Waals surface area contributed by atoms with Gasteiger partial charge in [-0.3, -0.25) is 0 Å². The quantitative estimate of drug-likeness (QED) is 0.784.